The Bertz CT molecular complexity index is 1490. The van der Waals surface area contributed by atoms with Gasteiger partial charge >= 0.3 is 0 Å². The Balaban J connectivity index is 1.39. The summed E-state index contributed by atoms with van der Waals surface area (Å²) in [5.74, 6) is 1.72. The Labute approximate surface area is 217 Å². The van der Waals surface area contributed by atoms with Crippen molar-refractivity contribution in [2.45, 2.75) is 26.2 Å². The number of rotatable bonds is 5. The number of halogens is 1. The molecule has 1 aliphatic rings. The molecule has 0 bridgehead atoms. The number of hydrogen-bond donors (Lipinski definition) is 0. The SMILES string of the molecule is Cc1ccc(-n2cc(-c3ccccc3)c3c(N4CCC(Cc5ccccc5)CC4)ncnc32)cc1Cl. The molecule has 0 amide bonds. The molecule has 0 atom stereocenters. The highest BCUT2D eigenvalue weighted by atomic mass is 35.5. The summed E-state index contributed by atoms with van der Waals surface area (Å²) in [5.41, 5.74) is 6.71. The quantitative estimate of drug-likeness (QED) is 0.254. The monoisotopic (exact) mass is 492 g/mol. The third-order valence-electron chi connectivity index (χ3n) is 7.36. The molecule has 0 N–H and O–H groups in total. The number of piperidine rings is 1. The van der Waals surface area contributed by atoms with Gasteiger partial charge in [-0.25, -0.2) is 9.97 Å². The second-order valence-corrected chi connectivity index (χ2v) is 10.1. The molecule has 3 aromatic carbocycles. The Morgan fingerprint density at radius 1 is 0.889 bits per heavy atom. The lowest BCUT2D eigenvalue weighted by molar-refractivity contribution is 0.402. The lowest BCUT2D eigenvalue weighted by Gasteiger charge is -2.33. The van der Waals surface area contributed by atoms with E-state index in [9.17, 15) is 0 Å². The van der Waals surface area contributed by atoms with Crippen LogP contribution in [0.3, 0.4) is 0 Å². The fraction of sp³-hybridized carbons (Fsp3) is 0.226. The Morgan fingerprint density at radius 3 is 2.33 bits per heavy atom. The van der Waals surface area contributed by atoms with Crippen molar-refractivity contribution in [1.82, 2.24) is 14.5 Å². The van der Waals surface area contributed by atoms with E-state index in [2.05, 4.69) is 88.5 Å². The van der Waals surface area contributed by atoms with Gasteiger partial charge in [0.2, 0.25) is 0 Å². The van der Waals surface area contributed by atoms with Gasteiger partial charge in [-0.05, 0) is 60.9 Å². The van der Waals surface area contributed by atoms with Crippen molar-refractivity contribution in [2.75, 3.05) is 18.0 Å². The predicted molar refractivity (Wildman–Crippen MR) is 149 cm³/mol. The number of aromatic nitrogens is 3. The second-order valence-electron chi connectivity index (χ2n) is 9.73. The highest BCUT2D eigenvalue weighted by Gasteiger charge is 2.25. The van der Waals surface area contributed by atoms with Crippen LogP contribution >= 0.6 is 11.6 Å². The maximum atomic E-state index is 6.51. The van der Waals surface area contributed by atoms with Crippen LogP contribution in [0, 0.1) is 12.8 Å². The van der Waals surface area contributed by atoms with E-state index in [1.807, 2.05) is 13.0 Å². The van der Waals surface area contributed by atoms with Crippen LogP contribution in [-0.2, 0) is 6.42 Å². The van der Waals surface area contributed by atoms with Crippen molar-refractivity contribution in [2.24, 2.45) is 5.92 Å². The molecule has 0 saturated carbocycles. The molecule has 1 fully saturated rings. The van der Waals surface area contributed by atoms with Gasteiger partial charge in [0.05, 0.1) is 5.39 Å². The molecular formula is C31H29ClN4. The van der Waals surface area contributed by atoms with Crippen molar-refractivity contribution >= 4 is 28.5 Å². The van der Waals surface area contributed by atoms with Gasteiger partial charge in [0, 0.05) is 35.6 Å². The summed E-state index contributed by atoms with van der Waals surface area (Å²) in [6.07, 6.45) is 7.36. The summed E-state index contributed by atoms with van der Waals surface area (Å²) in [4.78, 5) is 12.1. The molecule has 1 aliphatic heterocycles. The minimum absolute atomic E-state index is 0.703. The highest BCUT2D eigenvalue weighted by molar-refractivity contribution is 6.31. The second kappa shape index (κ2) is 9.79. The first-order valence-electron chi connectivity index (χ1n) is 12.6. The maximum absolute atomic E-state index is 6.51. The third-order valence-corrected chi connectivity index (χ3v) is 7.77. The molecular weight excluding hydrogens is 464 g/mol. The number of aryl methyl sites for hydroxylation is 1. The molecule has 1 saturated heterocycles. The summed E-state index contributed by atoms with van der Waals surface area (Å²) in [7, 11) is 0. The van der Waals surface area contributed by atoms with E-state index in [1.54, 1.807) is 6.33 Å². The highest BCUT2D eigenvalue weighted by Crippen LogP contribution is 2.38. The summed E-state index contributed by atoms with van der Waals surface area (Å²) >= 11 is 6.51. The smallest absolute Gasteiger partial charge is 0.150 e. The normalized spacial score (nSPS) is 14.4. The standard InChI is InChI=1S/C31H29ClN4/c1-22-12-13-26(19-28(22)32)36-20-27(25-10-6-3-7-11-25)29-30(33-21-34-31(29)36)35-16-14-24(15-17-35)18-23-8-4-2-5-9-23/h2-13,19-21,24H,14-18H2,1H3. The third kappa shape index (κ3) is 4.38. The molecule has 0 unspecified atom stereocenters. The number of fused-ring (bicyclic) bond motifs is 1. The van der Waals surface area contributed by atoms with Crippen LogP contribution in [0.2, 0.25) is 5.02 Å². The molecule has 180 valence electrons. The number of hydrogen-bond acceptors (Lipinski definition) is 3. The van der Waals surface area contributed by atoms with Crippen molar-refractivity contribution in [3.63, 3.8) is 0 Å². The average molecular weight is 493 g/mol. The fourth-order valence-corrected chi connectivity index (χ4v) is 5.52. The molecule has 5 aromatic rings. The summed E-state index contributed by atoms with van der Waals surface area (Å²) < 4.78 is 2.15. The van der Waals surface area contributed by atoms with Crippen molar-refractivity contribution in [1.29, 1.82) is 0 Å². The Morgan fingerprint density at radius 2 is 1.61 bits per heavy atom. The topological polar surface area (TPSA) is 34.0 Å². The van der Waals surface area contributed by atoms with E-state index in [0.29, 0.717) is 5.92 Å². The van der Waals surface area contributed by atoms with Crippen LogP contribution in [0.5, 0.6) is 0 Å². The van der Waals surface area contributed by atoms with E-state index >= 15 is 0 Å². The van der Waals surface area contributed by atoms with Crippen LogP contribution in [-0.4, -0.2) is 27.6 Å². The largest absolute Gasteiger partial charge is 0.356 e. The number of benzene rings is 3. The maximum Gasteiger partial charge on any atom is 0.150 e. The van der Waals surface area contributed by atoms with Crippen LogP contribution in [0.4, 0.5) is 5.82 Å². The first-order valence-corrected chi connectivity index (χ1v) is 13.0. The van der Waals surface area contributed by atoms with Crippen molar-refractivity contribution in [3.05, 3.63) is 108 Å². The minimum atomic E-state index is 0.703. The zero-order chi connectivity index (χ0) is 24.5. The lowest BCUT2D eigenvalue weighted by Crippen LogP contribution is -2.35. The van der Waals surface area contributed by atoms with Gasteiger partial charge in [0.1, 0.15) is 12.1 Å². The van der Waals surface area contributed by atoms with Crippen LogP contribution in [0.25, 0.3) is 27.8 Å². The van der Waals surface area contributed by atoms with Gasteiger partial charge in [-0.1, -0.05) is 78.3 Å². The van der Waals surface area contributed by atoms with Gasteiger partial charge in [0.25, 0.3) is 0 Å². The molecule has 2 aromatic heterocycles. The first-order chi connectivity index (χ1) is 17.7. The number of nitrogens with zero attached hydrogens (tertiary/aromatic N) is 4. The van der Waals surface area contributed by atoms with Gasteiger partial charge in [-0.15, -0.1) is 0 Å². The van der Waals surface area contributed by atoms with Gasteiger partial charge < -0.3 is 9.47 Å². The van der Waals surface area contributed by atoms with Crippen LogP contribution < -0.4 is 4.90 Å². The molecule has 36 heavy (non-hydrogen) atoms. The van der Waals surface area contributed by atoms with Gasteiger partial charge in [0.15, 0.2) is 5.65 Å². The Kier molecular flexibility index (Phi) is 6.20. The zero-order valence-electron chi connectivity index (χ0n) is 20.4. The summed E-state index contributed by atoms with van der Waals surface area (Å²) in [6.45, 7) is 4.02. The van der Waals surface area contributed by atoms with E-state index in [1.165, 1.54) is 5.56 Å². The van der Waals surface area contributed by atoms with Crippen molar-refractivity contribution in [3.8, 4) is 16.8 Å². The summed E-state index contributed by atoms with van der Waals surface area (Å²) in [5, 5.41) is 1.85. The van der Waals surface area contributed by atoms with E-state index < -0.39 is 0 Å². The van der Waals surface area contributed by atoms with Crippen LogP contribution in [0.15, 0.2) is 91.4 Å². The Hall–Kier alpha value is -3.63. The molecule has 6 rings (SSSR count). The summed E-state index contributed by atoms with van der Waals surface area (Å²) in [6, 6.07) is 27.6. The molecule has 0 radical (unpaired) electrons. The number of anilines is 1. The predicted octanol–water partition coefficient (Wildman–Crippen LogP) is 7.51. The van der Waals surface area contributed by atoms with E-state index in [0.717, 1.165) is 76.6 Å². The van der Waals surface area contributed by atoms with E-state index in [4.69, 9.17) is 21.6 Å². The molecule has 4 nitrogen and oxygen atoms in total. The molecule has 0 aliphatic carbocycles. The lowest BCUT2D eigenvalue weighted by atomic mass is 9.90. The minimum Gasteiger partial charge on any atom is -0.356 e. The molecule has 3 heterocycles. The average Bonchev–Trinajstić information content (AvgIpc) is 3.32. The molecule has 0 spiro atoms. The fourth-order valence-electron chi connectivity index (χ4n) is 5.35. The van der Waals surface area contributed by atoms with Gasteiger partial charge in [-0.3, -0.25) is 0 Å². The molecule has 5 heteroatoms. The van der Waals surface area contributed by atoms with Crippen molar-refractivity contribution < 1.29 is 0 Å². The van der Waals surface area contributed by atoms with Crippen LogP contribution in [0.1, 0.15) is 24.0 Å². The zero-order valence-corrected chi connectivity index (χ0v) is 21.2. The first kappa shape index (κ1) is 22.8. The van der Waals surface area contributed by atoms with E-state index in [-0.39, 0.29) is 0 Å². The van der Waals surface area contributed by atoms with Gasteiger partial charge in [-0.2, -0.15) is 0 Å².